The van der Waals surface area contributed by atoms with Crippen LogP contribution in [-0.4, -0.2) is 17.2 Å². The zero-order valence-electron chi connectivity index (χ0n) is 15.4. The Labute approximate surface area is 164 Å². The van der Waals surface area contributed by atoms with Crippen LogP contribution in [-0.2, 0) is 9.53 Å². The predicted molar refractivity (Wildman–Crippen MR) is 109 cm³/mol. The van der Waals surface area contributed by atoms with E-state index in [1.165, 1.54) is 0 Å². The van der Waals surface area contributed by atoms with Crippen molar-refractivity contribution >= 4 is 11.7 Å². The summed E-state index contributed by atoms with van der Waals surface area (Å²) in [4.78, 5) is 13.0. The summed E-state index contributed by atoms with van der Waals surface area (Å²) in [6.45, 7) is 0. The zero-order chi connectivity index (χ0) is 19.3. The number of rotatable bonds is 5. The van der Waals surface area contributed by atoms with Gasteiger partial charge in [0, 0.05) is 12.1 Å². The number of nitrogens with one attached hydrogen (secondary N) is 1. The van der Waals surface area contributed by atoms with Crippen molar-refractivity contribution < 1.29 is 14.6 Å². The second-order valence-electron chi connectivity index (χ2n) is 7.06. The molecule has 0 bridgehead atoms. The van der Waals surface area contributed by atoms with Crippen molar-refractivity contribution in [3.63, 3.8) is 0 Å². The number of ether oxygens (including phenoxy) is 1. The molecule has 0 saturated carbocycles. The second-order valence-corrected chi connectivity index (χ2v) is 7.06. The molecule has 0 spiro atoms. The van der Waals surface area contributed by atoms with Crippen LogP contribution in [0.1, 0.15) is 29.7 Å². The van der Waals surface area contributed by atoms with E-state index in [9.17, 15) is 9.90 Å². The Hall–Kier alpha value is -3.11. The van der Waals surface area contributed by atoms with E-state index >= 15 is 0 Å². The summed E-state index contributed by atoms with van der Waals surface area (Å²) in [5.41, 5.74) is 2.73. The molecule has 1 fully saturated rings. The predicted octanol–water partition coefficient (Wildman–Crippen LogP) is 4.51. The summed E-state index contributed by atoms with van der Waals surface area (Å²) in [5, 5.41) is 14.4. The summed E-state index contributed by atoms with van der Waals surface area (Å²) in [7, 11) is 0. The maximum atomic E-state index is 13.0. The summed E-state index contributed by atoms with van der Waals surface area (Å²) in [6.07, 6.45) is -0.860. The van der Waals surface area contributed by atoms with Gasteiger partial charge in [0.1, 0.15) is 12.0 Å². The van der Waals surface area contributed by atoms with E-state index in [2.05, 4.69) is 5.32 Å². The van der Waals surface area contributed by atoms with Crippen molar-refractivity contribution in [2.75, 3.05) is 5.32 Å². The summed E-state index contributed by atoms with van der Waals surface area (Å²) < 4.78 is 5.76. The first-order valence-corrected chi connectivity index (χ1v) is 9.52. The fourth-order valence-electron chi connectivity index (χ4n) is 3.77. The highest BCUT2D eigenvalue weighted by molar-refractivity contribution is 5.76. The van der Waals surface area contributed by atoms with Crippen LogP contribution in [0.2, 0.25) is 0 Å². The van der Waals surface area contributed by atoms with Crippen LogP contribution in [0, 0.1) is 5.92 Å². The molecule has 4 atom stereocenters. The van der Waals surface area contributed by atoms with Crippen LogP contribution in [0.4, 0.5) is 5.69 Å². The molecule has 1 aliphatic heterocycles. The lowest BCUT2D eigenvalue weighted by Gasteiger charge is -2.37. The average molecular weight is 373 g/mol. The zero-order valence-corrected chi connectivity index (χ0v) is 15.4. The normalized spacial score (nSPS) is 22.9. The van der Waals surface area contributed by atoms with E-state index in [0.29, 0.717) is 6.42 Å². The molecule has 3 aromatic rings. The van der Waals surface area contributed by atoms with Gasteiger partial charge < -0.3 is 15.2 Å². The third-order valence-electron chi connectivity index (χ3n) is 5.19. The summed E-state index contributed by atoms with van der Waals surface area (Å²) >= 11 is 0. The first-order valence-electron chi connectivity index (χ1n) is 9.52. The quantitative estimate of drug-likeness (QED) is 0.646. The Balaban J connectivity index is 1.62. The third-order valence-corrected chi connectivity index (χ3v) is 5.19. The van der Waals surface area contributed by atoms with Gasteiger partial charge in [0.15, 0.2) is 0 Å². The summed E-state index contributed by atoms with van der Waals surface area (Å²) in [6, 6.07) is 28.6. The van der Waals surface area contributed by atoms with Crippen molar-refractivity contribution in [1.29, 1.82) is 0 Å². The molecule has 4 rings (SSSR count). The third kappa shape index (κ3) is 3.92. The SMILES string of the molecule is O=C1O[C@H](c2ccccc2)C[C@H](O)[C@@H]1[C@H](Nc1ccccc1)c1ccccc1. The topological polar surface area (TPSA) is 58.6 Å². The van der Waals surface area contributed by atoms with Gasteiger partial charge in [-0.1, -0.05) is 78.9 Å². The lowest BCUT2D eigenvalue weighted by atomic mass is 9.83. The fourth-order valence-corrected chi connectivity index (χ4v) is 3.77. The molecular formula is C24H23NO3. The molecular weight excluding hydrogens is 350 g/mol. The van der Waals surface area contributed by atoms with Gasteiger partial charge in [-0.2, -0.15) is 0 Å². The minimum atomic E-state index is -0.812. The standard InChI is InChI=1S/C24H23NO3/c26-20-16-21(17-10-4-1-5-11-17)28-24(27)22(20)23(18-12-6-2-7-13-18)25-19-14-8-3-9-15-19/h1-15,20-23,25-26H,16H2/t20-,21-,22+,23+/m0/s1. The van der Waals surface area contributed by atoms with Gasteiger partial charge in [0.05, 0.1) is 12.1 Å². The van der Waals surface area contributed by atoms with Gasteiger partial charge in [0.25, 0.3) is 0 Å². The van der Waals surface area contributed by atoms with Gasteiger partial charge in [-0.25, -0.2) is 0 Å². The Morgan fingerprint density at radius 3 is 2.04 bits per heavy atom. The molecule has 4 heteroatoms. The number of aliphatic hydroxyl groups is 1. The van der Waals surface area contributed by atoms with E-state index in [0.717, 1.165) is 16.8 Å². The Morgan fingerprint density at radius 1 is 0.857 bits per heavy atom. The Bertz CT molecular complexity index is 899. The molecule has 1 aliphatic rings. The molecule has 142 valence electrons. The number of aliphatic hydroxyl groups excluding tert-OH is 1. The molecule has 1 saturated heterocycles. The van der Waals surface area contributed by atoms with Gasteiger partial charge in [-0.15, -0.1) is 0 Å². The first kappa shape index (κ1) is 18.3. The van der Waals surface area contributed by atoms with Crippen LogP contribution >= 0.6 is 0 Å². The Kier molecular flexibility index (Phi) is 5.40. The average Bonchev–Trinajstić information content (AvgIpc) is 2.74. The maximum absolute atomic E-state index is 13.0. The van der Waals surface area contributed by atoms with E-state index in [4.69, 9.17) is 4.74 Å². The van der Waals surface area contributed by atoms with Gasteiger partial charge in [0.2, 0.25) is 0 Å². The number of carbonyl (C=O) groups is 1. The second kappa shape index (κ2) is 8.28. The minimum Gasteiger partial charge on any atom is -0.457 e. The van der Waals surface area contributed by atoms with Crippen LogP contribution in [0.15, 0.2) is 91.0 Å². The molecule has 4 nitrogen and oxygen atoms in total. The van der Waals surface area contributed by atoms with Gasteiger partial charge in [-0.05, 0) is 23.3 Å². The van der Waals surface area contributed by atoms with E-state index in [1.54, 1.807) is 0 Å². The molecule has 1 heterocycles. The highest BCUT2D eigenvalue weighted by Crippen LogP contribution is 2.39. The van der Waals surface area contributed by atoms with Gasteiger partial charge in [-0.3, -0.25) is 4.79 Å². The maximum Gasteiger partial charge on any atom is 0.314 e. The lowest BCUT2D eigenvalue weighted by Crippen LogP contribution is -2.43. The molecule has 0 aliphatic carbocycles. The highest BCUT2D eigenvalue weighted by atomic mass is 16.5. The largest absolute Gasteiger partial charge is 0.457 e. The number of esters is 1. The molecule has 0 radical (unpaired) electrons. The smallest absolute Gasteiger partial charge is 0.314 e. The number of cyclic esters (lactones) is 1. The minimum absolute atomic E-state index is 0.375. The van der Waals surface area contributed by atoms with Crippen LogP contribution < -0.4 is 5.32 Å². The molecule has 0 aromatic heterocycles. The van der Waals surface area contributed by atoms with E-state index in [-0.39, 0.29) is 12.0 Å². The molecule has 3 aromatic carbocycles. The van der Waals surface area contributed by atoms with Crippen LogP contribution in [0.25, 0.3) is 0 Å². The van der Waals surface area contributed by atoms with Crippen LogP contribution in [0.3, 0.4) is 0 Å². The number of hydrogen-bond donors (Lipinski definition) is 2. The van der Waals surface area contributed by atoms with E-state index < -0.39 is 18.1 Å². The number of anilines is 1. The number of hydrogen-bond acceptors (Lipinski definition) is 4. The molecule has 2 N–H and O–H groups in total. The Morgan fingerprint density at radius 2 is 1.43 bits per heavy atom. The number of carbonyl (C=O) groups excluding carboxylic acids is 1. The van der Waals surface area contributed by atoms with Crippen molar-refractivity contribution in [2.24, 2.45) is 5.92 Å². The van der Waals surface area contributed by atoms with Crippen molar-refractivity contribution in [3.05, 3.63) is 102 Å². The van der Waals surface area contributed by atoms with E-state index in [1.807, 2.05) is 91.0 Å². The number of benzene rings is 3. The monoisotopic (exact) mass is 373 g/mol. The van der Waals surface area contributed by atoms with Crippen LogP contribution in [0.5, 0.6) is 0 Å². The van der Waals surface area contributed by atoms with Crippen molar-refractivity contribution in [3.8, 4) is 0 Å². The fraction of sp³-hybridized carbons (Fsp3) is 0.208. The molecule has 0 amide bonds. The van der Waals surface area contributed by atoms with Crippen molar-refractivity contribution in [2.45, 2.75) is 24.7 Å². The summed E-state index contributed by atoms with van der Waals surface area (Å²) in [5.74, 6) is -1.08. The number of para-hydroxylation sites is 1. The molecule has 0 unspecified atom stereocenters. The van der Waals surface area contributed by atoms with Gasteiger partial charge >= 0.3 is 5.97 Å². The highest BCUT2D eigenvalue weighted by Gasteiger charge is 2.43. The van der Waals surface area contributed by atoms with Crippen molar-refractivity contribution in [1.82, 2.24) is 0 Å². The lowest BCUT2D eigenvalue weighted by molar-refractivity contribution is -0.171. The first-order chi connectivity index (χ1) is 13.7. The molecule has 28 heavy (non-hydrogen) atoms.